The molecule has 1 saturated heterocycles. The number of anilines is 1. The maximum absolute atomic E-state index is 6.15. The first-order chi connectivity index (χ1) is 10.1. The Kier molecular flexibility index (Phi) is 3.67. The maximum atomic E-state index is 6.15. The summed E-state index contributed by atoms with van der Waals surface area (Å²) >= 11 is 0. The van der Waals surface area contributed by atoms with Gasteiger partial charge in [0.1, 0.15) is 5.69 Å². The third-order valence-corrected chi connectivity index (χ3v) is 4.31. The lowest BCUT2D eigenvalue weighted by atomic mass is 9.95. The Hall–Kier alpha value is -1.89. The van der Waals surface area contributed by atoms with Gasteiger partial charge < -0.3 is 10.6 Å². The normalized spacial score (nSPS) is 22.8. The van der Waals surface area contributed by atoms with Crippen molar-refractivity contribution in [2.75, 3.05) is 18.0 Å². The van der Waals surface area contributed by atoms with Crippen LogP contribution in [0, 0.1) is 5.92 Å². The van der Waals surface area contributed by atoms with E-state index in [0.29, 0.717) is 5.92 Å². The molecule has 1 aliphatic rings. The van der Waals surface area contributed by atoms with Crippen LogP contribution in [0.25, 0.3) is 11.5 Å². The summed E-state index contributed by atoms with van der Waals surface area (Å²) in [6, 6.07) is 2.23. The van der Waals surface area contributed by atoms with Gasteiger partial charge in [-0.15, -0.1) is 5.10 Å². The minimum absolute atomic E-state index is 0.184. The predicted molar refractivity (Wildman–Crippen MR) is 81.9 cm³/mol. The van der Waals surface area contributed by atoms with Crippen molar-refractivity contribution < 1.29 is 0 Å². The van der Waals surface area contributed by atoms with Gasteiger partial charge in [-0.25, -0.2) is 0 Å². The molecule has 114 valence electrons. The third kappa shape index (κ3) is 2.65. The number of aryl methyl sites for hydroxylation is 2. The molecule has 1 fully saturated rings. The van der Waals surface area contributed by atoms with Crippen LogP contribution in [-0.4, -0.2) is 44.1 Å². The topological polar surface area (TPSA) is 88.7 Å². The molecule has 3 N–H and O–H groups in total. The Morgan fingerprint density at radius 3 is 2.95 bits per heavy atom. The molecule has 0 saturated carbocycles. The molecule has 1 aliphatic heterocycles. The first-order valence-corrected chi connectivity index (χ1v) is 7.54. The first-order valence-electron chi connectivity index (χ1n) is 7.54. The molecule has 2 aromatic heterocycles. The molecule has 0 spiro atoms. The van der Waals surface area contributed by atoms with Crippen molar-refractivity contribution in [2.24, 2.45) is 18.7 Å². The lowest BCUT2D eigenvalue weighted by Crippen LogP contribution is -2.48. The number of hydrogen-bond acceptors (Lipinski definition) is 5. The second kappa shape index (κ2) is 5.48. The molecule has 2 atom stereocenters. The van der Waals surface area contributed by atoms with Crippen LogP contribution < -0.4 is 10.6 Å². The smallest absolute Gasteiger partial charge is 0.245 e. The molecule has 7 heteroatoms. The summed E-state index contributed by atoms with van der Waals surface area (Å²) in [4.78, 5) is 6.77. The number of aromatic nitrogens is 5. The minimum atomic E-state index is 0.184. The molecule has 2 aromatic rings. The molecule has 21 heavy (non-hydrogen) atoms. The maximum Gasteiger partial charge on any atom is 0.245 e. The second-order valence-corrected chi connectivity index (χ2v) is 5.86. The van der Waals surface area contributed by atoms with E-state index in [9.17, 15) is 0 Å². The van der Waals surface area contributed by atoms with Crippen LogP contribution in [0.2, 0.25) is 0 Å². The van der Waals surface area contributed by atoms with Crippen molar-refractivity contribution in [1.29, 1.82) is 0 Å². The number of nitrogens with two attached hydrogens (primary N) is 1. The van der Waals surface area contributed by atoms with E-state index >= 15 is 0 Å². The summed E-state index contributed by atoms with van der Waals surface area (Å²) in [6.07, 6.45) is 1.99. The lowest BCUT2D eigenvalue weighted by Gasteiger charge is -2.34. The Labute approximate surface area is 124 Å². The highest BCUT2D eigenvalue weighted by Gasteiger charge is 2.25. The van der Waals surface area contributed by atoms with Crippen LogP contribution in [-0.2, 0) is 13.5 Å². The van der Waals surface area contributed by atoms with Crippen LogP contribution in [0.3, 0.4) is 0 Å². The van der Waals surface area contributed by atoms with Gasteiger partial charge in [0.25, 0.3) is 0 Å². The van der Waals surface area contributed by atoms with Gasteiger partial charge in [-0.2, -0.15) is 10.1 Å². The number of nitrogens with zero attached hydrogens (tertiary/aromatic N) is 5. The highest BCUT2D eigenvalue weighted by atomic mass is 15.4. The summed E-state index contributed by atoms with van der Waals surface area (Å²) in [5.74, 6) is 2.04. The van der Waals surface area contributed by atoms with E-state index < -0.39 is 0 Å². The number of hydrogen-bond donors (Lipinski definition) is 2. The van der Waals surface area contributed by atoms with Crippen LogP contribution in [0.5, 0.6) is 0 Å². The zero-order valence-corrected chi connectivity index (χ0v) is 12.9. The van der Waals surface area contributed by atoms with Crippen molar-refractivity contribution in [3.8, 4) is 11.5 Å². The molecule has 0 amide bonds. The van der Waals surface area contributed by atoms with Crippen molar-refractivity contribution >= 4 is 5.95 Å². The third-order valence-electron chi connectivity index (χ3n) is 4.31. The molecule has 0 aliphatic carbocycles. The van der Waals surface area contributed by atoms with Gasteiger partial charge in [0.2, 0.25) is 5.95 Å². The van der Waals surface area contributed by atoms with E-state index in [0.717, 1.165) is 49.1 Å². The average Bonchev–Trinajstić information content (AvgIpc) is 3.08. The summed E-state index contributed by atoms with van der Waals surface area (Å²) < 4.78 is 1.84. The van der Waals surface area contributed by atoms with E-state index in [4.69, 9.17) is 5.73 Å². The molecule has 3 heterocycles. The van der Waals surface area contributed by atoms with E-state index in [1.165, 1.54) is 0 Å². The summed E-state index contributed by atoms with van der Waals surface area (Å²) in [5, 5.41) is 11.8. The Morgan fingerprint density at radius 1 is 1.48 bits per heavy atom. The van der Waals surface area contributed by atoms with Gasteiger partial charge in [-0.3, -0.25) is 9.78 Å². The van der Waals surface area contributed by atoms with E-state index in [-0.39, 0.29) is 6.04 Å². The van der Waals surface area contributed by atoms with Gasteiger partial charge in [0, 0.05) is 26.2 Å². The molecule has 7 nitrogen and oxygen atoms in total. The van der Waals surface area contributed by atoms with Crippen LogP contribution in [0.15, 0.2) is 6.07 Å². The molecule has 2 unspecified atom stereocenters. The summed E-state index contributed by atoms with van der Waals surface area (Å²) in [7, 11) is 1.93. The summed E-state index contributed by atoms with van der Waals surface area (Å²) in [6.45, 7) is 6.06. The van der Waals surface area contributed by atoms with Gasteiger partial charge in [-0.05, 0) is 24.8 Å². The van der Waals surface area contributed by atoms with Crippen molar-refractivity contribution in [3.05, 3.63) is 11.8 Å². The second-order valence-electron chi connectivity index (χ2n) is 5.86. The number of rotatable bonds is 3. The lowest BCUT2D eigenvalue weighted by molar-refractivity contribution is 0.376. The highest BCUT2D eigenvalue weighted by molar-refractivity contribution is 5.52. The standard InChI is InChI=1S/C14H23N7/c1-4-10-7-12(20(3)19-10)13-16-14(18-17-13)21-6-5-9(2)11(15)8-21/h7,9,11H,4-6,8,15H2,1-3H3,(H,16,17,18). The fraction of sp³-hybridized carbons (Fsp3) is 0.643. The molecule has 0 radical (unpaired) electrons. The fourth-order valence-electron chi connectivity index (χ4n) is 2.71. The molecular weight excluding hydrogens is 266 g/mol. The largest absolute Gasteiger partial charge is 0.338 e. The molecule has 0 bridgehead atoms. The number of aromatic amines is 1. The molecular formula is C14H23N7. The van der Waals surface area contributed by atoms with Crippen molar-refractivity contribution in [1.82, 2.24) is 25.0 Å². The number of nitrogens with one attached hydrogen (secondary N) is 1. The van der Waals surface area contributed by atoms with Crippen LogP contribution >= 0.6 is 0 Å². The SMILES string of the molecule is CCc1cc(-c2nc(N3CCC(C)C(N)C3)n[nH]2)n(C)n1. The zero-order chi connectivity index (χ0) is 15.0. The van der Waals surface area contributed by atoms with Gasteiger partial charge in [-0.1, -0.05) is 13.8 Å². The number of piperidine rings is 1. The Bertz CT molecular complexity index is 615. The van der Waals surface area contributed by atoms with Gasteiger partial charge >= 0.3 is 0 Å². The summed E-state index contributed by atoms with van der Waals surface area (Å²) in [5.41, 5.74) is 8.16. The average molecular weight is 289 g/mol. The zero-order valence-electron chi connectivity index (χ0n) is 12.9. The molecule has 0 aromatic carbocycles. The van der Waals surface area contributed by atoms with Crippen LogP contribution in [0.1, 0.15) is 26.0 Å². The minimum Gasteiger partial charge on any atom is -0.338 e. The highest BCUT2D eigenvalue weighted by Crippen LogP contribution is 2.22. The van der Waals surface area contributed by atoms with Gasteiger partial charge in [0.05, 0.1) is 5.69 Å². The van der Waals surface area contributed by atoms with E-state index in [1.54, 1.807) is 0 Å². The van der Waals surface area contributed by atoms with E-state index in [2.05, 4.69) is 39.0 Å². The molecule has 3 rings (SSSR count). The predicted octanol–water partition coefficient (Wildman–Crippen LogP) is 0.941. The monoisotopic (exact) mass is 289 g/mol. The van der Waals surface area contributed by atoms with Crippen molar-refractivity contribution in [2.45, 2.75) is 32.7 Å². The quantitative estimate of drug-likeness (QED) is 0.878. The van der Waals surface area contributed by atoms with Gasteiger partial charge in [0.15, 0.2) is 5.82 Å². The van der Waals surface area contributed by atoms with Crippen molar-refractivity contribution in [3.63, 3.8) is 0 Å². The fourth-order valence-corrected chi connectivity index (χ4v) is 2.71. The Balaban J connectivity index is 1.81. The van der Waals surface area contributed by atoms with Crippen LogP contribution in [0.4, 0.5) is 5.95 Å². The number of H-pyrrole nitrogens is 1. The van der Waals surface area contributed by atoms with E-state index in [1.807, 2.05) is 17.8 Å². The Morgan fingerprint density at radius 2 is 2.29 bits per heavy atom. The first kappa shape index (κ1) is 14.1.